The zero-order valence-electron chi connectivity index (χ0n) is 27.6. The van der Waals surface area contributed by atoms with Gasteiger partial charge < -0.3 is 33.7 Å². The van der Waals surface area contributed by atoms with Crippen LogP contribution in [0.1, 0.15) is 71.3 Å². The van der Waals surface area contributed by atoms with Crippen molar-refractivity contribution in [2.45, 2.75) is 97.7 Å². The zero-order chi connectivity index (χ0) is 33.2. The van der Waals surface area contributed by atoms with Crippen molar-refractivity contribution in [3.63, 3.8) is 0 Å². The molecule has 2 aromatic rings. The summed E-state index contributed by atoms with van der Waals surface area (Å²) in [5.74, 6) is -1.29. The molecule has 0 spiro atoms. The Labute approximate surface area is 266 Å². The topological polar surface area (TPSA) is 131 Å². The highest BCUT2D eigenvalue weighted by Gasteiger charge is 2.46. The van der Waals surface area contributed by atoms with Gasteiger partial charge in [-0.25, -0.2) is 9.59 Å². The van der Waals surface area contributed by atoms with Gasteiger partial charge in [-0.05, 0) is 72.2 Å². The first-order valence-corrected chi connectivity index (χ1v) is 15.3. The van der Waals surface area contributed by atoms with Crippen molar-refractivity contribution in [2.75, 3.05) is 25.1 Å². The summed E-state index contributed by atoms with van der Waals surface area (Å²) >= 11 is 0. The highest BCUT2D eigenvalue weighted by atomic mass is 16.7. The number of ether oxygens (including phenoxy) is 6. The van der Waals surface area contributed by atoms with E-state index in [0.29, 0.717) is 18.9 Å². The molecule has 1 heterocycles. The van der Waals surface area contributed by atoms with E-state index in [-0.39, 0.29) is 24.7 Å². The third-order valence-corrected chi connectivity index (χ3v) is 6.67. The maximum atomic E-state index is 13.6. The van der Waals surface area contributed by atoms with Crippen LogP contribution in [0.4, 0.5) is 10.5 Å². The summed E-state index contributed by atoms with van der Waals surface area (Å²) in [5.41, 5.74) is 0.332. The quantitative estimate of drug-likeness (QED) is 0.294. The van der Waals surface area contributed by atoms with Gasteiger partial charge in [-0.2, -0.15) is 0 Å². The molecule has 248 valence electrons. The average Bonchev–Trinajstić information content (AvgIpc) is 2.93. The van der Waals surface area contributed by atoms with Crippen molar-refractivity contribution in [1.29, 1.82) is 0 Å². The number of esters is 1. The lowest BCUT2D eigenvalue weighted by atomic mass is 9.88. The van der Waals surface area contributed by atoms with E-state index in [9.17, 15) is 14.4 Å². The molecule has 11 heteroatoms. The van der Waals surface area contributed by atoms with Crippen LogP contribution in [0.5, 0.6) is 0 Å². The fraction of sp³-hybridized carbons (Fsp3) is 0.559. The van der Waals surface area contributed by atoms with Crippen molar-refractivity contribution in [1.82, 2.24) is 5.32 Å². The van der Waals surface area contributed by atoms with Gasteiger partial charge in [0.25, 0.3) is 5.91 Å². The zero-order valence-corrected chi connectivity index (χ0v) is 27.6. The van der Waals surface area contributed by atoms with E-state index in [2.05, 4.69) is 10.6 Å². The lowest BCUT2D eigenvalue weighted by Gasteiger charge is -2.45. The maximum Gasteiger partial charge on any atom is 0.412 e. The summed E-state index contributed by atoms with van der Waals surface area (Å²) in [4.78, 5) is 38.5. The highest BCUT2D eigenvalue weighted by Crippen LogP contribution is 2.30. The maximum absolute atomic E-state index is 13.6. The number of carbonyl (C=O) groups is 3. The van der Waals surface area contributed by atoms with Gasteiger partial charge >= 0.3 is 12.1 Å². The SMILES string of the molecule is CCO[C@@H]1OC(COCc2ccccc2)[C@H](C)[C@H](OCC(=O)OC(C)(C)C)C1NC(=O)c1cccc(NC(=O)OC(C)(C)C)c1. The fourth-order valence-electron chi connectivity index (χ4n) is 4.77. The van der Waals surface area contributed by atoms with Crippen LogP contribution in [0.15, 0.2) is 54.6 Å². The molecule has 2 N–H and O–H groups in total. The second kappa shape index (κ2) is 16.2. The van der Waals surface area contributed by atoms with Gasteiger partial charge in [-0.3, -0.25) is 10.1 Å². The normalized spacial score (nSPS) is 21.9. The lowest BCUT2D eigenvalue weighted by Crippen LogP contribution is -2.63. The van der Waals surface area contributed by atoms with Crippen LogP contribution in [0.2, 0.25) is 0 Å². The molecule has 0 aliphatic carbocycles. The van der Waals surface area contributed by atoms with Crippen molar-refractivity contribution in [3.05, 3.63) is 65.7 Å². The Hall–Kier alpha value is -3.51. The number of carbonyl (C=O) groups excluding carboxylic acids is 3. The van der Waals surface area contributed by atoms with Crippen molar-refractivity contribution in [3.8, 4) is 0 Å². The number of rotatable bonds is 12. The molecule has 11 nitrogen and oxygen atoms in total. The van der Waals surface area contributed by atoms with Crippen molar-refractivity contribution < 1.29 is 42.8 Å². The van der Waals surface area contributed by atoms with Crippen LogP contribution in [-0.2, 0) is 39.8 Å². The van der Waals surface area contributed by atoms with Crippen molar-refractivity contribution >= 4 is 23.7 Å². The third-order valence-electron chi connectivity index (χ3n) is 6.67. The monoisotopic (exact) mass is 628 g/mol. The van der Waals surface area contributed by atoms with E-state index in [1.54, 1.807) is 65.8 Å². The summed E-state index contributed by atoms with van der Waals surface area (Å²) in [7, 11) is 0. The van der Waals surface area contributed by atoms with Crippen LogP contribution in [0.3, 0.4) is 0 Å². The molecule has 1 aliphatic rings. The minimum absolute atomic E-state index is 0.241. The molecule has 2 amide bonds. The van der Waals surface area contributed by atoms with Crippen molar-refractivity contribution in [2.24, 2.45) is 5.92 Å². The first-order chi connectivity index (χ1) is 21.1. The predicted molar refractivity (Wildman–Crippen MR) is 169 cm³/mol. The number of hydrogen-bond acceptors (Lipinski definition) is 9. The number of nitrogens with one attached hydrogen (secondary N) is 2. The molecule has 0 aromatic heterocycles. The number of amides is 2. The third kappa shape index (κ3) is 12.1. The number of anilines is 1. The highest BCUT2D eigenvalue weighted by molar-refractivity contribution is 5.96. The van der Waals surface area contributed by atoms with Gasteiger partial charge in [0.05, 0.1) is 25.4 Å². The Morgan fingerprint density at radius 1 is 0.889 bits per heavy atom. The Balaban J connectivity index is 1.79. The molecule has 45 heavy (non-hydrogen) atoms. The summed E-state index contributed by atoms with van der Waals surface area (Å²) in [6, 6.07) is 15.5. The van der Waals surface area contributed by atoms with E-state index in [1.807, 2.05) is 44.2 Å². The van der Waals surface area contributed by atoms with E-state index in [4.69, 9.17) is 28.4 Å². The van der Waals surface area contributed by atoms with E-state index < -0.39 is 53.7 Å². The molecule has 2 aromatic carbocycles. The summed E-state index contributed by atoms with van der Waals surface area (Å²) in [5, 5.41) is 5.64. The average molecular weight is 629 g/mol. The molecule has 1 fully saturated rings. The fourth-order valence-corrected chi connectivity index (χ4v) is 4.77. The van der Waals surface area contributed by atoms with E-state index in [1.165, 1.54) is 0 Å². The van der Waals surface area contributed by atoms with Gasteiger partial charge in [0, 0.05) is 23.8 Å². The van der Waals surface area contributed by atoms with Gasteiger partial charge in [-0.1, -0.05) is 43.3 Å². The first kappa shape index (κ1) is 36.0. The molecule has 0 radical (unpaired) electrons. The number of hydrogen-bond donors (Lipinski definition) is 2. The van der Waals surface area contributed by atoms with Crippen LogP contribution >= 0.6 is 0 Å². The van der Waals surface area contributed by atoms with Gasteiger partial charge in [-0.15, -0.1) is 0 Å². The second-order valence-electron chi connectivity index (χ2n) is 12.9. The molecular formula is C34H48N2O9. The van der Waals surface area contributed by atoms with Gasteiger partial charge in [0.2, 0.25) is 0 Å². The molecule has 2 unspecified atom stereocenters. The Bertz CT molecular complexity index is 1260. The largest absolute Gasteiger partial charge is 0.458 e. The van der Waals surface area contributed by atoms with Crippen LogP contribution in [-0.4, -0.2) is 73.5 Å². The molecule has 3 rings (SSSR count). The smallest absolute Gasteiger partial charge is 0.412 e. The molecular weight excluding hydrogens is 580 g/mol. The standard InChI is InChI=1S/C34H48N2O9/c1-9-41-31-28(36-30(38)24-16-13-17-25(18-24)35-32(39)45-34(6,7)8)29(42-21-27(37)44-33(3,4)5)22(2)26(43-31)20-40-19-23-14-11-10-12-15-23/h10-18,22,26,28-29,31H,9,19-21H2,1-8H3,(H,35,39)(H,36,38)/t22-,26?,28?,29-,31+/m0/s1. The Kier molecular flexibility index (Phi) is 12.9. The minimum atomic E-state index is -0.896. The van der Waals surface area contributed by atoms with E-state index in [0.717, 1.165) is 5.56 Å². The van der Waals surface area contributed by atoms with Gasteiger partial charge in [0.1, 0.15) is 23.9 Å². The number of benzene rings is 2. The lowest BCUT2D eigenvalue weighted by molar-refractivity contribution is -0.262. The minimum Gasteiger partial charge on any atom is -0.458 e. The first-order valence-electron chi connectivity index (χ1n) is 15.3. The Morgan fingerprint density at radius 3 is 2.22 bits per heavy atom. The van der Waals surface area contributed by atoms with Gasteiger partial charge in [0.15, 0.2) is 6.29 Å². The molecule has 0 saturated carbocycles. The summed E-state index contributed by atoms with van der Waals surface area (Å²) < 4.78 is 35.2. The second-order valence-corrected chi connectivity index (χ2v) is 12.9. The Morgan fingerprint density at radius 2 is 1.58 bits per heavy atom. The predicted octanol–water partition coefficient (Wildman–Crippen LogP) is 5.47. The molecule has 1 aliphatic heterocycles. The van der Waals surface area contributed by atoms with Crippen LogP contribution < -0.4 is 10.6 Å². The summed E-state index contributed by atoms with van der Waals surface area (Å²) in [6.07, 6.45) is -2.68. The van der Waals surface area contributed by atoms with Crippen LogP contribution in [0.25, 0.3) is 0 Å². The van der Waals surface area contributed by atoms with Crippen LogP contribution in [0, 0.1) is 5.92 Å². The van der Waals surface area contributed by atoms with E-state index >= 15 is 0 Å². The molecule has 5 atom stereocenters. The molecule has 0 bridgehead atoms. The molecule has 1 saturated heterocycles. The summed E-state index contributed by atoms with van der Waals surface area (Å²) in [6.45, 7) is 15.0.